The summed E-state index contributed by atoms with van der Waals surface area (Å²) in [7, 11) is 4.11. The van der Waals surface area contributed by atoms with Crippen LogP contribution >= 0.6 is 0 Å². The van der Waals surface area contributed by atoms with E-state index in [1.54, 1.807) is 0 Å². The van der Waals surface area contributed by atoms with Crippen LogP contribution in [0.2, 0.25) is 0 Å². The third-order valence-corrected chi connectivity index (χ3v) is 4.18. The highest BCUT2D eigenvalue weighted by Gasteiger charge is 2.38. The van der Waals surface area contributed by atoms with Crippen molar-refractivity contribution in [3.05, 3.63) is 0 Å². The summed E-state index contributed by atoms with van der Waals surface area (Å²) < 4.78 is 0. The highest BCUT2D eigenvalue weighted by molar-refractivity contribution is 5.84. The molecule has 1 saturated carbocycles. The Morgan fingerprint density at radius 2 is 2.11 bits per heavy atom. The van der Waals surface area contributed by atoms with E-state index in [1.165, 1.54) is 6.42 Å². The van der Waals surface area contributed by atoms with Crippen molar-refractivity contribution < 1.29 is 9.90 Å². The zero-order chi connectivity index (χ0) is 13.1. The molecule has 18 heavy (non-hydrogen) atoms. The van der Waals surface area contributed by atoms with E-state index in [9.17, 15) is 9.90 Å². The largest absolute Gasteiger partial charge is 0.392 e. The van der Waals surface area contributed by atoms with E-state index in [4.69, 9.17) is 0 Å². The third kappa shape index (κ3) is 3.31. The minimum Gasteiger partial charge on any atom is -0.392 e. The molecule has 0 aromatic rings. The van der Waals surface area contributed by atoms with Crippen molar-refractivity contribution in [2.75, 3.05) is 27.2 Å². The first-order valence-corrected chi connectivity index (χ1v) is 7.19. The zero-order valence-electron chi connectivity index (χ0n) is 11.6. The average Bonchev–Trinajstić information content (AvgIpc) is 2.50. The number of β-amino-alcohol motifs (C(OH)–C–C–N with tert-alkyl or cyclic N) is 1. The third-order valence-electron chi connectivity index (χ3n) is 4.18. The van der Waals surface area contributed by atoms with Gasteiger partial charge >= 0.3 is 0 Å². The van der Waals surface area contributed by atoms with Crippen LogP contribution in [0.4, 0.5) is 0 Å². The van der Waals surface area contributed by atoms with Gasteiger partial charge in [0.1, 0.15) is 5.78 Å². The summed E-state index contributed by atoms with van der Waals surface area (Å²) >= 11 is 0. The standard InChI is InChI=1S/C14H26N2O2/c1-15(2)9-11-8-12(17)10-16(11)13-6-4-3-5-7-14(13)18/h11-13,17H,3-10H2,1-2H3. The van der Waals surface area contributed by atoms with Gasteiger partial charge in [-0.05, 0) is 33.4 Å². The van der Waals surface area contributed by atoms with Crippen molar-refractivity contribution in [2.24, 2.45) is 0 Å². The van der Waals surface area contributed by atoms with Gasteiger partial charge in [0.2, 0.25) is 0 Å². The first-order chi connectivity index (χ1) is 8.58. The number of likely N-dealkylation sites (tertiary alicyclic amines) is 1. The summed E-state index contributed by atoms with van der Waals surface area (Å²) in [5.41, 5.74) is 0. The monoisotopic (exact) mass is 254 g/mol. The van der Waals surface area contributed by atoms with Crippen LogP contribution in [0.3, 0.4) is 0 Å². The molecule has 3 unspecified atom stereocenters. The van der Waals surface area contributed by atoms with E-state index in [2.05, 4.69) is 23.9 Å². The van der Waals surface area contributed by atoms with Crippen LogP contribution in [-0.4, -0.2) is 66.1 Å². The SMILES string of the molecule is CN(C)CC1CC(O)CN1C1CCCCCC1=O. The molecule has 0 bridgehead atoms. The quantitative estimate of drug-likeness (QED) is 0.760. The van der Waals surface area contributed by atoms with Gasteiger partial charge in [-0.2, -0.15) is 0 Å². The normalized spacial score (nSPS) is 35.1. The van der Waals surface area contributed by atoms with Gasteiger partial charge in [0.05, 0.1) is 12.1 Å². The molecule has 0 aromatic heterocycles. The fourth-order valence-corrected chi connectivity index (χ4v) is 3.39. The lowest BCUT2D eigenvalue weighted by atomic mass is 10.0. The van der Waals surface area contributed by atoms with E-state index in [1.807, 2.05) is 0 Å². The number of aliphatic hydroxyl groups excluding tert-OH is 1. The Bertz CT molecular complexity index is 294. The molecule has 104 valence electrons. The molecule has 0 amide bonds. The number of ketones is 1. The van der Waals surface area contributed by atoms with Gasteiger partial charge in [-0.1, -0.05) is 12.8 Å². The molecular weight excluding hydrogens is 228 g/mol. The van der Waals surface area contributed by atoms with Gasteiger partial charge in [-0.15, -0.1) is 0 Å². The second-order valence-corrected chi connectivity index (χ2v) is 6.08. The Labute approximate surface area is 110 Å². The molecule has 1 N–H and O–H groups in total. The molecule has 3 atom stereocenters. The number of hydrogen-bond donors (Lipinski definition) is 1. The molecule has 2 fully saturated rings. The van der Waals surface area contributed by atoms with E-state index in [0.29, 0.717) is 18.4 Å². The molecule has 2 rings (SSSR count). The second-order valence-electron chi connectivity index (χ2n) is 6.08. The van der Waals surface area contributed by atoms with Gasteiger partial charge in [-0.25, -0.2) is 0 Å². The maximum atomic E-state index is 12.2. The van der Waals surface area contributed by atoms with Crippen molar-refractivity contribution in [2.45, 2.75) is 56.7 Å². The lowest BCUT2D eigenvalue weighted by Crippen LogP contribution is -2.47. The summed E-state index contributed by atoms with van der Waals surface area (Å²) in [6, 6.07) is 0.400. The van der Waals surface area contributed by atoms with Crippen molar-refractivity contribution in [3.63, 3.8) is 0 Å². The highest BCUT2D eigenvalue weighted by Crippen LogP contribution is 2.27. The van der Waals surface area contributed by atoms with Crippen molar-refractivity contribution in [1.82, 2.24) is 9.80 Å². The molecule has 0 aromatic carbocycles. The van der Waals surface area contributed by atoms with Crippen LogP contribution in [0.25, 0.3) is 0 Å². The predicted molar refractivity (Wildman–Crippen MR) is 71.6 cm³/mol. The maximum absolute atomic E-state index is 12.2. The number of carbonyl (C=O) groups is 1. The topological polar surface area (TPSA) is 43.8 Å². The van der Waals surface area contributed by atoms with E-state index < -0.39 is 0 Å². The van der Waals surface area contributed by atoms with Crippen LogP contribution in [0, 0.1) is 0 Å². The highest BCUT2D eigenvalue weighted by atomic mass is 16.3. The van der Waals surface area contributed by atoms with Gasteiger partial charge in [0, 0.05) is 25.6 Å². The average molecular weight is 254 g/mol. The van der Waals surface area contributed by atoms with Crippen molar-refractivity contribution in [1.29, 1.82) is 0 Å². The molecule has 1 saturated heterocycles. The molecule has 2 aliphatic rings. The van der Waals surface area contributed by atoms with Gasteiger partial charge in [-0.3, -0.25) is 9.69 Å². The molecule has 4 nitrogen and oxygen atoms in total. The first kappa shape index (κ1) is 14.0. The summed E-state index contributed by atoms with van der Waals surface area (Å²) in [6.07, 6.45) is 5.63. The fraction of sp³-hybridized carbons (Fsp3) is 0.929. The molecule has 4 heteroatoms. The minimum absolute atomic E-state index is 0.0644. The Morgan fingerprint density at radius 1 is 1.33 bits per heavy atom. The molecule has 1 heterocycles. The summed E-state index contributed by atoms with van der Waals surface area (Å²) in [4.78, 5) is 16.6. The fourth-order valence-electron chi connectivity index (χ4n) is 3.39. The van der Waals surface area contributed by atoms with E-state index >= 15 is 0 Å². The number of likely N-dealkylation sites (N-methyl/N-ethyl adjacent to an activating group) is 1. The summed E-state index contributed by atoms with van der Waals surface area (Å²) in [5.74, 6) is 0.394. The lowest BCUT2D eigenvalue weighted by Gasteiger charge is -2.32. The first-order valence-electron chi connectivity index (χ1n) is 7.19. The number of Topliss-reactive ketones (excluding diaryl/α,β-unsaturated/α-hetero) is 1. The molecule has 1 aliphatic carbocycles. The van der Waals surface area contributed by atoms with Crippen molar-refractivity contribution >= 4 is 5.78 Å². The number of hydrogen-bond acceptors (Lipinski definition) is 4. The number of carbonyl (C=O) groups excluding carboxylic acids is 1. The Balaban J connectivity index is 2.05. The summed E-state index contributed by atoms with van der Waals surface area (Å²) in [5, 5.41) is 9.90. The van der Waals surface area contributed by atoms with Crippen LogP contribution in [0.15, 0.2) is 0 Å². The van der Waals surface area contributed by atoms with Crippen LogP contribution < -0.4 is 0 Å². The Hall–Kier alpha value is -0.450. The number of rotatable bonds is 3. The van der Waals surface area contributed by atoms with Crippen LogP contribution in [0.1, 0.15) is 38.5 Å². The predicted octanol–water partition coefficient (Wildman–Crippen LogP) is 0.885. The molecular formula is C14H26N2O2. The Kier molecular flexibility index (Phi) is 4.76. The number of nitrogens with zero attached hydrogens (tertiary/aromatic N) is 2. The van der Waals surface area contributed by atoms with Gasteiger partial charge in [0.15, 0.2) is 0 Å². The van der Waals surface area contributed by atoms with E-state index in [-0.39, 0.29) is 12.1 Å². The van der Waals surface area contributed by atoms with Crippen LogP contribution in [0.5, 0.6) is 0 Å². The second kappa shape index (κ2) is 6.13. The molecule has 0 spiro atoms. The molecule has 1 aliphatic heterocycles. The zero-order valence-corrected chi connectivity index (χ0v) is 11.6. The molecule has 0 radical (unpaired) electrons. The maximum Gasteiger partial charge on any atom is 0.149 e. The minimum atomic E-state index is -0.258. The summed E-state index contributed by atoms with van der Waals surface area (Å²) in [6.45, 7) is 1.61. The lowest BCUT2D eigenvalue weighted by molar-refractivity contribution is -0.124. The Morgan fingerprint density at radius 3 is 2.83 bits per heavy atom. The number of aliphatic hydroxyl groups is 1. The van der Waals surface area contributed by atoms with Gasteiger partial charge < -0.3 is 10.0 Å². The van der Waals surface area contributed by atoms with Crippen LogP contribution in [-0.2, 0) is 4.79 Å². The smallest absolute Gasteiger partial charge is 0.149 e. The van der Waals surface area contributed by atoms with Gasteiger partial charge in [0.25, 0.3) is 0 Å². The van der Waals surface area contributed by atoms with E-state index in [0.717, 1.165) is 38.6 Å². The van der Waals surface area contributed by atoms with Crippen molar-refractivity contribution in [3.8, 4) is 0 Å².